The number of carbonyl (C=O) groups excluding carboxylic acids is 4. The molecule has 3 aromatic rings. The molecule has 15 nitrogen and oxygen atoms in total. The Morgan fingerprint density at radius 1 is 0.967 bits per heavy atom. The van der Waals surface area contributed by atoms with Crippen molar-refractivity contribution < 1.29 is 45.9 Å². The Morgan fingerprint density at radius 3 is 2.30 bits per heavy atom. The van der Waals surface area contributed by atoms with Crippen LogP contribution < -0.4 is 35.5 Å². The van der Waals surface area contributed by atoms with Gasteiger partial charge in [-0.3, -0.25) is 34.8 Å². The van der Waals surface area contributed by atoms with Crippen LogP contribution in [0.15, 0.2) is 42.6 Å². The molecule has 0 aliphatic carbocycles. The average molecular weight is 857 g/mol. The summed E-state index contributed by atoms with van der Waals surface area (Å²) in [6, 6.07) is 8.53. The Labute approximate surface area is 349 Å². The molecule has 4 amide bonds. The number of piperidine rings is 2. The zero-order chi connectivity index (χ0) is 43.8. The van der Waals surface area contributed by atoms with E-state index in [1.165, 1.54) is 31.3 Å². The number of hydrazine groups is 1. The standard InChI is InChI=1S/C41H49F5N10O5/c1-24(2)56-23-40(42,43)38(60)52(3)32-21-47-39(50-36(32)56)48-30-7-5-27(18-33(30)61-4)37(59)51-55-11-9-25(10-12-55)22-53-13-15-54(16-14-53)31-8-6-26(17-29(31)41(44,45)46)28-19-34(57)49-35(58)20-28/h5-8,17-18,21,24-25,28H,9-16,19-20,22-23H2,1-4H3,(H,51,59)(H,47,48,50)(H,49,57,58). The predicted octanol–water partition coefficient (Wildman–Crippen LogP) is 4.77. The van der Waals surface area contributed by atoms with Gasteiger partial charge in [0.05, 0.1) is 31.1 Å². The summed E-state index contributed by atoms with van der Waals surface area (Å²) in [5, 5.41) is 7.10. The second-order valence-electron chi connectivity index (χ2n) is 16.2. The second-order valence-corrected chi connectivity index (χ2v) is 16.2. The molecule has 5 heterocycles. The lowest BCUT2D eigenvalue weighted by Crippen LogP contribution is -2.51. The van der Waals surface area contributed by atoms with Crippen LogP contribution in [-0.4, -0.2) is 122 Å². The van der Waals surface area contributed by atoms with E-state index >= 15 is 0 Å². The molecule has 328 valence electrons. The molecule has 20 heteroatoms. The molecule has 0 bridgehead atoms. The van der Waals surface area contributed by atoms with Gasteiger partial charge >= 0.3 is 12.1 Å². The van der Waals surface area contributed by atoms with Crippen LogP contribution in [0.5, 0.6) is 5.75 Å². The molecule has 4 aliphatic rings. The molecule has 0 radical (unpaired) electrons. The minimum atomic E-state index is -4.61. The molecular formula is C41H49F5N10O5. The molecule has 0 spiro atoms. The number of imide groups is 1. The van der Waals surface area contributed by atoms with Crippen molar-refractivity contribution in [2.24, 2.45) is 5.92 Å². The Bertz CT molecular complexity index is 2140. The molecule has 1 aromatic heterocycles. The van der Waals surface area contributed by atoms with Gasteiger partial charge in [-0.15, -0.1) is 0 Å². The number of hydrogen-bond acceptors (Lipinski definition) is 12. The van der Waals surface area contributed by atoms with Gasteiger partial charge in [-0.05, 0) is 68.5 Å². The van der Waals surface area contributed by atoms with Crippen LogP contribution in [0.1, 0.15) is 66.9 Å². The third-order valence-electron chi connectivity index (χ3n) is 11.7. The molecule has 7 rings (SSSR count). The molecule has 61 heavy (non-hydrogen) atoms. The van der Waals surface area contributed by atoms with Crippen LogP contribution >= 0.6 is 0 Å². The maximum Gasteiger partial charge on any atom is 0.418 e. The van der Waals surface area contributed by atoms with Gasteiger partial charge < -0.3 is 24.8 Å². The van der Waals surface area contributed by atoms with Gasteiger partial charge in [0.1, 0.15) is 11.4 Å². The molecule has 0 unspecified atom stereocenters. The van der Waals surface area contributed by atoms with Gasteiger partial charge in [-0.2, -0.15) is 26.9 Å². The van der Waals surface area contributed by atoms with Crippen molar-refractivity contribution in [2.45, 2.75) is 63.6 Å². The van der Waals surface area contributed by atoms with E-state index < -0.39 is 53.9 Å². The predicted molar refractivity (Wildman–Crippen MR) is 216 cm³/mol. The third kappa shape index (κ3) is 9.64. The lowest BCUT2D eigenvalue weighted by atomic mass is 9.88. The number of hydrogen-bond donors (Lipinski definition) is 3. The number of methoxy groups -OCH3 is 1. The molecule has 3 N–H and O–H groups in total. The number of carbonyl (C=O) groups is 4. The molecule has 3 saturated heterocycles. The average Bonchev–Trinajstić information content (AvgIpc) is 3.29. The number of anilines is 5. The highest BCUT2D eigenvalue weighted by atomic mass is 19.4. The smallest absolute Gasteiger partial charge is 0.418 e. The summed E-state index contributed by atoms with van der Waals surface area (Å²) < 4.78 is 77.9. The summed E-state index contributed by atoms with van der Waals surface area (Å²) in [4.78, 5) is 64.5. The number of nitrogens with one attached hydrogen (secondary N) is 3. The van der Waals surface area contributed by atoms with E-state index in [0.717, 1.165) is 30.4 Å². The molecular weight excluding hydrogens is 808 g/mol. The fraction of sp³-hybridized carbons (Fsp3) is 0.512. The van der Waals surface area contributed by atoms with Crippen molar-refractivity contribution in [2.75, 3.05) is 86.5 Å². The van der Waals surface area contributed by atoms with Crippen molar-refractivity contribution in [1.29, 1.82) is 0 Å². The van der Waals surface area contributed by atoms with E-state index in [1.54, 1.807) is 43.0 Å². The van der Waals surface area contributed by atoms with Crippen LogP contribution in [0.25, 0.3) is 0 Å². The lowest BCUT2D eigenvalue weighted by Gasteiger charge is -2.40. The molecule has 4 aliphatic heterocycles. The van der Waals surface area contributed by atoms with E-state index in [1.807, 2.05) is 5.01 Å². The number of ether oxygens (including phenoxy) is 1. The molecule has 3 fully saturated rings. The first-order valence-electron chi connectivity index (χ1n) is 20.2. The lowest BCUT2D eigenvalue weighted by molar-refractivity contribution is -0.140. The number of fused-ring (bicyclic) bond motifs is 1. The van der Waals surface area contributed by atoms with Gasteiger partial charge in [-0.1, -0.05) is 6.07 Å². The van der Waals surface area contributed by atoms with E-state index in [-0.39, 0.29) is 41.9 Å². The Kier molecular flexibility index (Phi) is 12.4. The highest BCUT2D eigenvalue weighted by Crippen LogP contribution is 2.41. The zero-order valence-corrected chi connectivity index (χ0v) is 34.3. The monoisotopic (exact) mass is 856 g/mol. The minimum absolute atomic E-state index is 0.0385. The first-order chi connectivity index (χ1) is 28.9. The summed E-state index contributed by atoms with van der Waals surface area (Å²) in [7, 11) is 2.70. The number of halogens is 5. The Balaban J connectivity index is 0.907. The molecule has 2 aromatic carbocycles. The summed E-state index contributed by atoms with van der Waals surface area (Å²) in [6.45, 7) is 6.62. The Morgan fingerprint density at radius 2 is 1.66 bits per heavy atom. The summed E-state index contributed by atoms with van der Waals surface area (Å²) in [5.41, 5.74) is 3.52. The number of alkyl halides is 5. The minimum Gasteiger partial charge on any atom is -0.495 e. The van der Waals surface area contributed by atoms with Gasteiger partial charge in [-0.25, -0.2) is 9.99 Å². The van der Waals surface area contributed by atoms with E-state index in [4.69, 9.17) is 4.74 Å². The van der Waals surface area contributed by atoms with Crippen LogP contribution in [0.2, 0.25) is 0 Å². The number of amides is 4. The maximum absolute atomic E-state index is 14.7. The van der Waals surface area contributed by atoms with Crippen molar-refractivity contribution in [1.82, 2.24) is 30.6 Å². The quantitative estimate of drug-likeness (QED) is 0.190. The Hall–Kier alpha value is -5.63. The molecule has 0 atom stereocenters. The fourth-order valence-electron chi connectivity index (χ4n) is 8.36. The van der Waals surface area contributed by atoms with Crippen LogP contribution in [0, 0.1) is 5.92 Å². The van der Waals surface area contributed by atoms with E-state index in [0.29, 0.717) is 67.8 Å². The topological polar surface area (TPSA) is 156 Å². The largest absolute Gasteiger partial charge is 0.495 e. The van der Waals surface area contributed by atoms with Gasteiger partial charge in [0.25, 0.3) is 11.8 Å². The first-order valence-corrected chi connectivity index (χ1v) is 20.2. The number of rotatable bonds is 10. The number of aromatic nitrogens is 2. The van der Waals surface area contributed by atoms with E-state index in [2.05, 4.69) is 30.9 Å². The van der Waals surface area contributed by atoms with Gasteiger partial charge in [0.15, 0.2) is 5.82 Å². The van der Waals surface area contributed by atoms with Crippen LogP contribution in [0.3, 0.4) is 0 Å². The summed E-state index contributed by atoms with van der Waals surface area (Å²) in [5.74, 6) is -6.01. The number of benzene rings is 2. The fourth-order valence-corrected chi connectivity index (χ4v) is 8.36. The maximum atomic E-state index is 14.7. The highest BCUT2D eigenvalue weighted by molar-refractivity contribution is 6.02. The zero-order valence-electron chi connectivity index (χ0n) is 34.3. The summed E-state index contributed by atoms with van der Waals surface area (Å²) in [6.07, 6.45) is -1.76. The van der Waals surface area contributed by atoms with E-state index in [9.17, 15) is 41.1 Å². The van der Waals surface area contributed by atoms with Crippen LogP contribution in [0.4, 0.5) is 50.8 Å². The normalized spacial score (nSPS) is 19.8. The second kappa shape index (κ2) is 17.4. The summed E-state index contributed by atoms with van der Waals surface area (Å²) >= 11 is 0. The molecule has 0 saturated carbocycles. The van der Waals surface area contributed by atoms with Gasteiger partial charge in [0, 0.05) is 88.9 Å². The first kappa shape index (κ1) is 43.5. The van der Waals surface area contributed by atoms with Crippen LogP contribution in [-0.2, 0) is 20.6 Å². The van der Waals surface area contributed by atoms with Crippen molar-refractivity contribution in [3.05, 3.63) is 59.3 Å². The number of nitrogens with zero attached hydrogens (tertiary/aromatic N) is 7. The third-order valence-corrected chi connectivity index (χ3v) is 11.7. The number of piperazine rings is 1. The SMILES string of the molecule is COc1cc(C(=O)NN2CCC(CN3CCN(c4ccc(C5CC(=O)NC(=O)C5)cc4C(F)(F)F)CC3)CC2)ccc1Nc1ncc2c(n1)N(C(C)C)CC(F)(F)C(=O)N2C. The van der Waals surface area contributed by atoms with Crippen molar-refractivity contribution >= 4 is 52.5 Å². The van der Waals surface area contributed by atoms with Crippen molar-refractivity contribution in [3.63, 3.8) is 0 Å². The van der Waals surface area contributed by atoms with Gasteiger partial charge in [0.2, 0.25) is 17.8 Å². The van der Waals surface area contributed by atoms with Crippen molar-refractivity contribution in [3.8, 4) is 5.75 Å². The highest BCUT2D eigenvalue weighted by Gasteiger charge is 2.48.